The molecule has 0 aromatic heterocycles. The van der Waals surface area contributed by atoms with Crippen LogP contribution in [0.25, 0.3) is 0 Å². The number of piperidine rings is 1. The summed E-state index contributed by atoms with van der Waals surface area (Å²) in [7, 11) is 0. The molecule has 0 radical (unpaired) electrons. The van der Waals surface area contributed by atoms with Gasteiger partial charge in [-0.2, -0.15) is 0 Å². The van der Waals surface area contributed by atoms with E-state index in [4.69, 9.17) is 15.2 Å². The van der Waals surface area contributed by atoms with Crippen LogP contribution in [0.2, 0.25) is 0 Å². The molecular formula is C28H39N3O3. The van der Waals surface area contributed by atoms with E-state index in [1.807, 2.05) is 36.1 Å². The smallest absolute Gasteiger partial charge is 0.254 e. The van der Waals surface area contributed by atoms with Crippen molar-refractivity contribution in [1.82, 2.24) is 9.80 Å². The molecule has 0 aliphatic carbocycles. The zero-order valence-electron chi connectivity index (χ0n) is 20.5. The van der Waals surface area contributed by atoms with Crippen LogP contribution in [0.15, 0.2) is 42.5 Å². The fourth-order valence-electron chi connectivity index (χ4n) is 5.05. The van der Waals surface area contributed by atoms with E-state index in [0.29, 0.717) is 37.9 Å². The first-order valence-electron chi connectivity index (χ1n) is 12.8. The lowest BCUT2D eigenvalue weighted by Crippen LogP contribution is -2.45. The first-order chi connectivity index (χ1) is 16.6. The molecule has 2 aromatic rings. The van der Waals surface area contributed by atoms with Crippen LogP contribution in [0, 0.1) is 6.92 Å². The number of nitrogens with two attached hydrogens (primary N) is 1. The number of benzene rings is 2. The molecule has 1 saturated heterocycles. The minimum atomic E-state index is 0.0558. The van der Waals surface area contributed by atoms with Crippen LogP contribution in [0.5, 0.6) is 11.5 Å². The molecule has 2 heterocycles. The lowest BCUT2D eigenvalue weighted by Gasteiger charge is -2.37. The molecule has 2 bridgehead atoms. The molecule has 6 nitrogen and oxygen atoms in total. The van der Waals surface area contributed by atoms with E-state index in [1.165, 1.54) is 24.8 Å². The molecule has 2 aromatic carbocycles. The van der Waals surface area contributed by atoms with Gasteiger partial charge >= 0.3 is 0 Å². The quantitative estimate of drug-likeness (QED) is 0.738. The van der Waals surface area contributed by atoms with E-state index in [9.17, 15) is 4.79 Å². The van der Waals surface area contributed by atoms with Crippen molar-refractivity contribution in [2.24, 2.45) is 5.73 Å². The van der Waals surface area contributed by atoms with E-state index in [0.717, 1.165) is 56.0 Å². The Kier molecular flexibility index (Phi) is 8.83. The Morgan fingerprint density at radius 3 is 2.85 bits per heavy atom. The molecule has 2 aliphatic rings. The minimum Gasteiger partial charge on any atom is -0.494 e. The second-order valence-corrected chi connectivity index (χ2v) is 9.48. The average Bonchev–Trinajstić information content (AvgIpc) is 2.86. The number of amides is 1. The molecule has 34 heavy (non-hydrogen) atoms. The van der Waals surface area contributed by atoms with Gasteiger partial charge in [-0.1, -0.05) is 24.6 Å². The van der Waals surface area contributed by atoms with Gasteiger partial charge in [-0.25, -0.2) is 0 Å². The van der Waals surface area contributed by atoms with Gasteiger partial charge in [0, 0.05) is 37.8 Å². The molecule has 1 unspecified atom stereocenters. The normalized spacial score (nSPS) is 20.1. The Hall–Kier alpha value is -2.57. The van der Waals surface area contributed by atoms with Gasteiger partial charge in [0.1, 0.15) is 18.1 Å². The van der Waals surface area contributed by atoms with Crippen molar-refractivity contribution in [3.05, 3.63) is 59.2 Å². The van der Waals surface area contributed by atoms with Crippen molar-refractivity contribution in [3.63, 3.8) is 0 Å². The van der Waals surface area contributed by atoms with Gasteiger partial charge in [0.15, 0.2) is 0 Å². The maximum atomic E-state index is 13.6. The lowest BCUT2D eigenvalue weighted by molar-refractivity contribution is 0.0682. The van der Waals surface area contributed by atoms with Crippen LogP contribution in [0.4, 0.5) is 0 Å². The topological polar surface area (TPSA) is 68.0 Å². The highest BCUT2D eigenvalue weighted by molar-refractivity contribution is 5.94. The van der Waals surface area contributed by atoms with Crippen molar-refractivity contribution < 1.29 is 14.3 Å². The van der Waals surface area contributed by atoms with E-state index < -0.39 is 0 Å². The molecule has 6 heteroatoms. The fraction of sp³-hybridized carbons (Fsp3) is 0.536. The van der Waals surface area contributed by atoms with Crippen molar-refractivity contribution in [2.75, 3.05) is 45.9 Å². The van der Waals surface area contributed by atoms with Crippen LogP contribution in [-0.2, 0) is 6.42 Å². The fourth-order valence-corrected chi connectivity index (χ4v) is 5.05. The Labute approximate surface area is 204 Å². The second kappa shape index (κ2) is 12.2. The second-order valence-electron chi connectivity index (χ2n) is 9.48. The van der Waals surface area contributed by atoms with Crippen molar-refractivity contribution in [1.29, 1.82) is 0 Å². The molecule has 0 saturated carbocycles. The van der Waals surface area contributed by atoms with E-state index in [-0.39, 0.29) is 5.91 Å². The van der Waals surface area contributed by atoms with Gasteiger partial charge in [-0.15, -0.1) is 0 Å². The zero-order valence-corrected chi connectivity index (χ0v) is 20.5. The van der Waals surface area contributed by atoms with Crippen LogP contribution < -0.4 is 15.2 Å². The number of fused-ring (bicyclic) bond motifs is 3. The van der Waals surface area contributed by atoms with Gasteiger partial charge in [0.2, 0.25) is 0 Å². The summed E-state index contributed by atoms with van der Waals surface area (Å²) < 4.78 is 11.8. The third-order valence-corrected chi connectivity index (χ3v) is 7.01. The van der Waals surface area contributed by atoms with Gasteiger partial charge in [-0.05, 0) is 81.0 Å². The highest BCUT2D eigenvalue weighted by Gasteiger charge is 2.24. The standard InChI is InChI=1S/C28H39N3O3/c1-22-9-11-24(21-27(22)34-19-13-29)28(32)31-15-5-18-33-26-8-4-6-23(20-26)10-12-25-7-2-3-14-30(25)16-17-31/h4,6,8-9,11,20-21,25H,2-3,5,7,10,12-19,29H2,1H3. The first-order valence-corrected chi connectivity index (χ1v) is 12.8. The largest absolute Gasteiger partial charge is 0.494 e. The van der Waals surface area contributed by atoms with Crippen LogP contribution in [0.3, 0.4) is 0 Å². The van der Waals surface area contributed by atoms with E-state index >= 15 is 0 Å². The summed E-state index contributed by atoms with van der Waals surface area (Å²) in [5.74, 6) is 1.71. The van der Waals surface area contributed by atoms with Crippen LogP contribution in [0.1, 0.15) is 53.6 Å². The Morgan fingerprint density at radius 1 is 1.06 bits per heavy atom. The molecule has 1 amide bonds. The summed E-state index contributed by atoms with van der Waals surface area (Å²) in [6, 6.07) is 14.8. The van der Waals surface area contributed by atoms with Crippen molar-refractivity contribution in [2.45, 2.75) is 51.5 Å². The van der Waals surface area contributed by atoms with Gasteiger partial charge < -0.3 is 20.1 Å². The summed E-state index contributed by atoms with van der Waals surface area (Å²) in [6.07, 6.45) is 6.79. The lowest BCUT2D eigenvalue weighted by atomic mass is 9.95. The van der Waals surface area contributed by atoms with Crippen molar-refractivity contribution in [3.8, 4) is 11.5 Å². The molecule has 0 spiro atoms. The molecule has 4 rings (SSSR count). The first kappa shape index (κ1) is 24.6. The zero-order chi connectivity index (χ0) is 23.8. The summed E-state index contributed by atoms with van der Waals surface area (Å²) in [5.41, 5.74) is 8.63. The molecule has 184 valence electrons. The van der Waals surface area contributed by atoms with Crippen LogP contribution >= 0.6 is 0 Å². The number of carbonyl (C=O) groups is 1. The van der Waals surface area contributed by atoms with E-state index in [2.05, 4.69) is 23.1 Å². The van der Waals surface area contributed by atoms with Gasteiger partial charge in [0.25, 0.3) is 5.91 Å². The summed E-state index contributed by atoms with van der Waals surface area (Å²) in [4.78, 5) is 18.2. The minimum absolute atomic E-state index is 0.0558. The molecule has 1 fully saturated rings. The highest BCUT2D eigenvalue weighted by atomic mass is 16.5. The number of nitrogens with zero attached hydrogens (tertiary/aromatic N) is 2. The van der Waals surface area contributed by atoms with E-state index in [1.54, 1.807) is 0 Å². The third-order valence-electron chi connectivity index (χ3n) is 7.01. The predicted octanol–water partition coefficient (Wildman–Crippen LogP) is 4.04. The molecule has 2 aliphatic heterocycles. The number of ether oxygens (including phenoxy) is 2. The molecular weight excluding hydrogens is 426 g/mol. The number of carbonyl (C=O) groups excluding carboxylic acids is 1. The molecule has 2 N–H and O–H groups in total. The van der Waals surface area contributed by atoms with Crippen molar-refractivity contribution >= 4 is 5.91 Å². The summed E-state index contributed by atoms with van der Waals surface area (Å²) >= 11 is 0. The Bertz CT molecular complexity index is 948. The monoisotopic (exact) mass is 465 g/mol. The Balaban J connectivity index is 1.51. The van der Waals surface area contributed by atoms with Crippen LogP contribution in [-0.4, -0.2) is 67.7 Å². The number of rotatable bonds is 4. The predicted molar refractivity (Wildman–Crippen MR) is 136 cm³/mol. The molecule has 1 atom stereocenters. The summed E-state index contributed by atoms with van der Waals surface area (Å²) in [6.45, 7) is 6.92. The van der Waals surface area contributed by atoms with Gasteiger partial charge in [0.05, 0.1) is 6.61 Å². The number of aryl methyl sites for hydroxylation is 2. The number of hydrogen-bond donors (Lipinski definition) is 1. The maximum absolute atomic E-state index is 13.6. The third kappa shape index (κ3) is 6.51. The average molecular weight is 466 g/mol. The SMILES string of the molecule is Cc1ccc(C(=O)N2CCCOc3cccc(c3)CCC3CCCCN3CC2)cc1OCCN. The Morgan fingerprint density at radius 2 is 1.97 bits per heavy atom. The number of hydrogen-bond acceptors (Lipinski definition) is 5. The van der Waals surface area contributed by atoms with Gasteiger partial charge in [-0.3, -0.25) is 9.69 Å². The highest BCUT2D eigenvalue weighted by Crippen LogP contribution is 2.24. The maximum Gasteiger partial charge on any atom is 0.254 e. The summed E-state index contributed by atoms with van der Waals surface area (Å²) in [5, 5.41) is 0.